The van der Waals surface area contributed by atoms with Gasteiger partial charge in [0.25, 0.3) is 5.91 Å². The number of benzene rings is 1. The summed E-state index contributed by atoms with van der Waals surface area (Å²) < 4.78 is 11.3. The zero-order chi connectivity index (χ0) is 27.9. The summed E-state index contributed by atoms with van der Waals surface area (Å²) in [6.07, 6.45) is 6.82. The van der Waals surface area contributed by atoms with Crippen LogP contribution in [0.2, 0.25) is 0 Å². The Balaban J connectivity index is 0.00000127. The van der Waals surface area contributed by atoms with Crippen LogP contribution in [-0.2, 0) is 20.9 Å². The molecule has 0 aliphatic heterocycles. The van der Waals surface area contributed by atoms with Gasteiger partial charge in [-0.05, 0) is 83.3 Å². The SMILES string of the molecule is CC(C)N/N=C(\C(=C\OC(C)(C)C)C(N)=O)c1ccc(C[N-]c2cc(C3CC34CCC4)on2)cc1.NC=O.[K+]. The number of carbonyl (C=O) groups excluding carboxylic acids is 2. The van der Waals surface area contributed by atoms with Crippen molar-refractivity contribution in [3.8, 4) is 0 Å². The first-order chi connectivity index (χ1) is 18.0. The molecule has 2 aliphatic rings. The van der Waals surface area contributed by atoms with E-state index in [2.05, 4.69) is 26.7 Å². The van der Waals surface area contributed by atoms with Crippen molar-refractivity contribution in [2.24, 2.45) is 22.0 Å². The molecule has 2 saturated carbocycles. The molecule has 4 rings (SSSR count). The maximum Gasteiger partial charge on any atom is 1.00 e. The van der Waals surface area contributed by atoms with E-state index in [-0.39, 0.29) is 69.4 Å². The Hall–Kier alpha value is -2.18. The van der Waals surface area contributed by atoms with Crippen molar-refractivity contribution < 1.29 is 70.2 Å². The van der Waals surface area contributed by atoms with Crippen LogP contribution in [0.3, 0.4) is 0 Å². The molecule has 2 aliphatic carbocycles. The second kappa shape index (κ2) is 14.4. The van der Waals surface area contributed by atoms with Crippen LogP contribution in [0.4, 0.5) is 5.82 Å². The Morgan fingerprint density at radius 1 is 1.31 bits per heavy atom. The molecule has 1 heterocycles. The minimum atomic E-state index is -0.612. The fraction of sp³-hybridized carbons (Fsp3) is 0.500. The molecular formula is C28H39KN6O4. The fourth-order valence-corrected chi connectivity index (χ4v) is 4.33. The topological polar surface area (TPSA) is 160 Å². The molecule has 10 nitrogen and oxygen atoms in total. The van der Waals surface area contributed by atoms with E-state index in [0.29, 0.717) is 29.4 Å². The van der Waals surface area contributed by atoms with Gasteiger partial charge in [0.2, 0.25) is 6.41 Å². The van der Waals surface area contributed by atoms with Crippen molar-refractivity contribution in [1.29, 1.82) is 0 Å². The van der Waals surface area contributed by atoms with Gasteiger partial charge in [0, 0.05) is 17.5 Å². The number of rotatable bonds is 10. The minimum absolute atomic E-state index is 0. The van der Waals surface area contributed by atoms with Crippen molar-refractivity contribution in [2.45, 2.75) is 84.4 Å². The first-order valence-electron chi connectivity index (χ1n) is 12.9. The maximum atomic E-state index is 12.3. The van der Waals surface area contributed by atoms with Crippen LogP contribution >= 0.6 is 0 Å². The van der Waals surface area contributed by atoms with E-state index in [9.17, 15) is 4.79 Å². The number of amides is 2. The average molecular weight is 563 g/mol. The molecule has 0 bridgehead atoms. The molecule has 1 aromatic carbocycles. The van der Waals surface area contributed by atoms with E-state index in [4.69, 9.17) is 19.8 Å². The average Bonchev–Trinajstić information content (AvgIpc) is 3.43. The number of hydrazone groups is 1. The van der Waals surface area contributed by atoms with Gasteiger partial charge in [0.1, 0.15) is 17.0 Å². The van der Waals surface area contributed by atoms with E-state index in [1.165, 1.54) is 31.9 Å². The van der Waals surface area contributed by atoms with Crippen molar-refractivity contribution in [2.75, 3.05) is 0 Å². The molecule has 1 atom stereocenters. The summed E-state index contributed by atoms with van der Waals surface area (Å²) in [4.78, 5) is 20.8. The molecule has 206 valence electrons. The minimum Gasteiger partial charge on any atom is -0.495 e. The first kappa shape index (κ1) is 33.0. The van der Waals surface area contributed by atoms with Gasteiger partial charge < -0.3 is 31.5 Å². The number of nitrogens with two attached hydrogens (primary N) is 2. The van der Waals surface area contributed by atoms with Crippen LogP contribution in [0, 0.1) is 5.41 Å². The number of hydrogen-bond acceptors (Lipinski definition) is 7. The van der Waals surface area contributed by atoms with E-state index in [0.717, 1.165) is 16.9 Å². The van der Waals surface area contributed by atoms with E-state index in [1.807, 2.05) is 65.0 Å². The van der Waals surface area contributed by atoms with Crippen molar-refractivity contribution in [3.05, 3.63) is 64.4 Å². The van der Waals surface area contributed by atoms with Gasteiger partial charge in [-0.25, -0.2) is 0 Å². The molecule has 1 spiro atoms. The number of nitrogens with zero attached hydrogens (tertiary/aromatic N) is 3. The van der Waals surface area contributed by atoms with Crippen LogP contribution in [-0.4, -0.2) is 34.8 Å². The molecule has 11 heteroatoms. The normalized spacial score (nSPS) is 17.7. The summed E-state index contributed by atoms with van der Waals surface area (Å²) in [6.45, 7) is 10.1. The summed E-state index contributed by atoms with van der Waals surface area (Å²) in [5, 5.41) is 13.2. The molecule has 2 aromatic rings. The van der Waals surface area contributed by atoms with Crippen LogP contribution in [0.5, 0.6) is 0 Å². The van der Waals surface area contributed by atoms with Gasteiger partial charge in [-0.1, -0.05) is 30.7 Å². The maximum absolute atomic E-state index is 12.3. The zero-order valence-electron chi connectivity index (χ0n) is 23.9. The Morgan fingerprint density at radius 3 is 2.44 bits per heavy atom. The number of carbonyl (C=O) groups is 2. The standard InChI is InChI=1S/C27H37N5O3.CH3NO.K/c1-17(2)30-31-24(20(25(28)33)16-34-26(3,4)5)19-9-7-18(8-10-19)15-29-23-13-22(35-32-23)21-14-27(21)11-6-12-27;2-1-3;/h7-10,13,16-17,21,30H,6,11-12,14-15H2,1-5H3,(H3,28,29,32,33);1H,(H2,2,3);/q;;+1/p-1/b20-16-,31-24-;;. The van der Waals surface area contributed by atoms with Gasteiger partial charge in [0.15, 0.2) is 0 Å². The molecule has 1 unspecified atom stereocenters. The second-order valence-corrected chi connectivity index (χ2v) is 11.1. The third-order valence-corrected chi connectivity index (χ3v) is 6.53. The Bertz CT molecular complexity index is 1160. The molecular weight excluding hydrogens is 523 g/mol. The molecule has 2 fully saturated rings. The Morgan fingerprint density at radius 2 is 1.95 bits per heavy atom. The second-order valence-electron chi connectivity index (χ2n) is 11.1. The molecule has 2 amide bonds. The summed E-state index contributed by atoms with van der Waals surface area (Å²) in [5.74, 6) is 1.52. The first-order valence-corrected chi connectivity index (χ1v) is 12.9. The number of ether oxygens (including phenoxy) is 1. The monoisotopic (exact) mass is 562 g/mol. The third kappa shape index (κ3) is 9.46. The zero-order valence-corrected chi connectivity index (χ0v) is 27.0. The summed E-state index contributed by atoms with van der Waals surface area (Å²) in [6, 6.07) is 9.78. The van der Waals surface area contributed by atoms with E-state index >= 15 is 0 Å². The number of hydrogen-bond donors (Lipinski definition) is 3. The summed E-state index contributed by atoms with van der Waals surface area (Å²) in [5.41, 5.74) is 15.3. The van der Waals surface area contributed by atoms with Gasteiger partial charge >= 0.3 is 51.4 Å². The van der Waals surface area contributed by atoms with Gasteiger partial charge in [-0.15, -0.1) is 0 Å². The number of nitrogens with one attached hydrogen (secondary N) is 1. The molecule has 5 N–H and O–H groups in total. The van der Waals surface area contributed by atoms with Gasteiger partial charge in [-0.3, -0.25) is 14.7 Å². The van der Waals surface area contributed by atoms with Gasteiger partial charge in [-0.2, -0.15) is 5.10 Å². The van der Waals surface area contributed by atoms with E-state index in [1.54, 1.807) is 0 Å². The van der Waals surface area contributed by atoms with Gasteiger partial charge in [0.05, 0.1) is 11.9 Å². The molecule has 0 radical (unpaired) electrons. The Kier molecular flexibility index (Phi) is 12.2. The van der Waals surface area contributed by atoms with Crippen LogP contribution in [0.1, 0.15) is 83.1 Å². The van der Waals surface area contributed by atoms with Crippen molar-refractivity contribution >= 4 is 23.8 Å². The van der Waals surface area contributed by atoms with Crippen molar-refractivity contribution in [3.63, 3.8) is 0 Å². The smallest absolute Gasteiger partial charge is 0.495 e. The molecule has 1 aromatic heterocycles. The van der Waals surface area contributed by atoms with E-state index < -0.39 is 11.5 Å². The predicted octanol–water partition coefficient (Wildman–Crippen LogP) is 1.53. The number of primary amides is 2. The predicted molar refractivity (Wildman–Crippen MR) is 146 cm³/mol. The van der Waals surface area contributed by atoms with Crippen molar-refractivity contribution in [1.82, 2.24) is 10.6 Å². The molecule has 39 heavy (non-hydrogen) atoms. The Labute approximate surface area is 273 Å². The van der Waals surface area contributed by atoms with Crippen LogP contribution in [0.25, 0.3) is 5.32 Å². The number of aromatic nitrogens is 1. The quantitative estimate of drug-likeness (QED) is 0.0994. The van der Waals surface area contributed by atoms with Crippen LogP contribution in [0.15, 0.2) is 51.8 Å². The largest absolute Gasteiger partial charge is 1.00 e. The molecule has 0 saturated heterocycles. The van der Waals surface area contributed by atoms with Crippen LogP contribution < -0.4 is 68.3 Å². The third-order valence-electron chi connectivity index (χ3n) is 6.53. The fourth-order valence-electron chi connectivity index (χ4n) is 4.33. The summed E-state index contributed by atoms with van der Waals surface area (Å²) in [7, 11) is 0. The summed E-state index contributed by atoms with van der Waals surface area (Å²) >= 11 is 0.